The fraction of sp³-hybridized carbons (Fsp3) is 0.464. The lowest BCUT2D eigenvalue weighted by molar-refractivity contribution is -0.117. The van der Waals surface area contributed by atoms with E-state index in [-0.39, 0.29) is 17.9 Å². The Kier molecular flexibility index (Phi) is 9.25. The Morgan fingerprint density at radius 1 is 1.00 bits per heavy atom. The van der Waals surface area contributed by atoms with Gasteiger partial charge in [0.15, 0.2) is 23.0 Å². The van der Waals surface area contributed by atoms with Gasteiger partial charge >= 0.3 is 0 Å². The molecule has 0 radical (unpaired) electrons. The molecular weight excluding hydrogens is 430 g/mol. The summed E-state index contributed by atoms with van der Waals surface area (Å²) >= 11 is 0. The number of ether oxygens (including phenoxy) is 4. The van der Waals surface area contributed by atoms with Gasteiger partial charge in [0, 0.05) is 12.5 Å². The van der Waals surface area contributed by atoms with E-state index in [1.54, 1.807) is 12.2 Å². The molecule has 6 heteroatoms. The molecule has 1 atom stereocenters. The van der Waals surface area contributed by atoms with Crippen LogP contribution in [0.1, 0.15) is 58.2 Å². The maximum Gasteiger partial charge on any atom is 0.244 e. The van der Waals surface area contributed by atoms with Crippen molar-refractivity contribution in [3.05, 3.63) is 53.6 Å². The smallest absolute Gasteiger partial charge is 0.244 e. The number of carbonyl (C=O) groups excluding carboxylic acids is 1. The fourth-order valence-electron chi connectivity index (χ4n) is 3.65. The highest BCUT2D eigenvalue weighted by Crippen LogP contribution is 2.34. The molecule has 0 aromatic heterocycles. The summed E-state index contributed by atoms with van der Waals surface area (Å²) in [6.45, 7) is 12.8. The van der Waals surface area contributed by atoms with Gasteiger partial charge in [-0.1, -0.05) is 39.8 Å². The highest BCUT2D eigenvalue weighted by molar-refractivity contribution is 5.92. The van der Waals surface area contributed by atoms with E-state index in [2.05, 4.69) is 33.0 Å². The van der Waals surface area contributed by atoms with Crippen LogP contribution in [0.3, 0.4) is 0 Å². The molecule has 0 saturated heterocycles. The molecule has 1 aliphatic heterocycles. The van der Waals surface area contributed by atoms with Crippen molar-refractivity contribution in [2.24, 2.45) is 11.8 Å². The Morgan fingerprint density at radius 3 is 2.47 bits per heavy atom. The minimum Gasteiger partial charge on any atom is -0.490 e. The lowest BCUT2D eigenvalue weighted by atomic mass is 9.95. The minimum atomic E-state index is -0.163. The van der Waals surface area contributed by atoms with Gasteiger partial charge in [0.1, 0.15) is 0 Å². The van der Waals surface area contributed by atoms with Crippen molar-refractivity contribution in [1.29, 1.82) is 0 Å². The maximum absolute atomic E-state index is 12.8. The van der Waals surface area contributed by atoms with Gasteiger partial charge in [-0.05, 0) is 60.2 Å². The highest BCUT2D eigenvalue weighted by atomic mass is 16.5. The zero-order valence-electron chi connectivity index (χ0n) is 20.9. The number of benzene rings is 2. The van der Waals surface area contributed by atoms with Gasteiger partial charge in [-0.3, -0.25) is 4.79 Å². The van der Waals surface area contributed by atoms with Crippen LogP contribution in [-0.2, 0) is 4.79 Å². The minimum absolute atomic E-state index is 0.153. The normalized spacial score (nSPS) is 14.2. The second-order valence-corrected chi connectivity index (χ2v) is 9.16. The molecule has 0 bridgehead atoms. The van der Waals surface area contributed by atoms with Crippen molar-refractivity contribution in [2.75, 3.05) is 26.4 Å². The van der Waals surface area contributed by atoms with E-state index in [1.807, 2.05) is 43.3 Å². The third-order valence-corrected chi connectivity index (χ3v) is 5.36. The van der Waals surface area contributed by atoms with Gasteiger partial charge < -0.3 is 24.3 Å². The van der Waals surface area contributed by atoms with E-state index in [0.29, 0.717) is 43.8 Å². The van der Waals surface area contributed by atoms with Crippen LogP contribution in [-0.4, -0.2) is 32.3 Å². The third kappa shape index (κ3) is 7.17. The Labute approximate surface area is 203 Å². The average Bonchev–Trinajstić information content (AvgIpc) is 3.05. The van der Waals surface area contributed by atoms with Crippen LogP contribution in [0.15, 0.2) is 42.5 Å². The van der Waals surface area contributed by atoms with Gasteiger partial charge in [-0.25, -0.2) is 0 Å². The Balaban J connectivity index is 1.71. The maximum atomic E-state index is 12.8. The fourth-order valence-corrected chi connectivity index (χ4v) is 3.65. The van der Waals surface area contributed by atoms with Crippen molar-refractivity contribution in [2.45, 2.75) is 47.1 Å². The van der Waals surface area contributed by atoms with Gasteiger partial charge in [-0.15, -0.1) is 0 Å². The molecule has 34 heavy (non-hydrogen) atoms. The zero-order valence-corrected chi connectivity index (χ0v) is 20.9. The summed E-state index contributed by atoms with van der Waals surface area (Å²) in [5, 5.41) is 3.13. The number of nitrogens with one attached hydrogen (secondary N) is 1. The molecule has 0 aliphatic carbocycles. The monoisotopic (exact) mass is 467 g/mol. The van der Waals surface area contributed by atoms with Gasteiger partial charge in [-0.2, -0.15) is 0 Å². The summed E-state index contributed by atoms with van der Waals surface area (Å²) < 4.78 is 23.2. The first kappa shape index (κ1) is 25.5. The molecule has 2 aromatic rings. The number of rotatable bonds is 10. The summed E-state index contributed by atoms with van der Waals surface area (Å²) in [6.07, 6.45) is 4.20. The molecule has 1 amide bonds. The SMILES string of the molecule is CCOc1cc(/C=C/C(=O)N[C@@H](c2ccc3c(c2)OCCCO3)C(C)C)ccc1OCC(C)C. The molecule has 1 heterocycles. The van der Waals surface area contributed by atoms with E-state index in [4.69, 9.17) is 18.9 Å². The molecule has 3 rings (SSSR count). The summed E-state index contributed by atoms with van der Waals surface area (Å²) in [7, 11) is 0. The number of fused-ring (bicyclic) bond motifs is 1. The predicted octanol–water partition coefficient (Wildman–Crippen LogP) is 5.81. The van der Waals surface area contributed by atoms with Crippen LogP contribution < -0.4 is 24.3 Å². The second kappa shape index (κ2) is 12.4. The standard InChI is InChI=1S/C28H37NO5/c1-6-31-25-16-21(8-11-24(25)34-18-19(2)3)9-13-27(30)29-28(20(4)5)22-10-12-23-26(17-22)33-15-7-14-32-23/h8-13,16-17,19-20,28H,6-7,14-15,18H2,1-5H3,(H,29,30)/b13-9+/t28-/m1/s1. The molecular formula is C28H37NO5. The van der Waals surface area contributed by atoms with Crippen molar-refractivity contribution in [3.63, 3.8) is 0 Å². The molecule has 6 nitrogen and oxygen atoms in total. The quantitative estimate of drug-likeness (QED) is 0.447. The number of hydrogen-bond acceptors (Lipinski definition) is 5. The van der Waals surface area contributed by atoms with Gasteiger partial charge in [0.05, 0.1) is 32.5 Å². The Hall–Kier alpha value is -3.15. The van der Waals surface area contributed by atoms with Crippen molar-refractivity contribution < 1.29 is 23.7 Å². The number of amides is 1. The molecule has 0 saturated carbocycles. The summed E-state index contributed by atoms with van der Waals surface area (Å²) in [6, 6.07) is 11.4. The summed E-state index contributed by atoms with van der Waals surface area (Å²) in [4.78, 5) is 12.8. The first-order valence-electron chi connectivity index (χ1n) is 12.1. The summed E-state index contributed by atoms with van der Waals surface area (Å²) in [5.41, 5.74) is 1.86. The van der Waals surface area contributed by atoms with Gasteiger partial charge in [0.25, 0.3) is 0 Å². The lowest BCUT2D eigenvalue weighted by Gasteiger charge is -2.23. The van der Waals surface area contributed by atoms with Crippen LogP contribution in [0, 0.1) is 11.8 Å². The predicted molar refractivity (Wildman–Crippen MR) is 135 cm³/mol. The van der Waals surface area contributed by atoms with Gasteiger partial charge in [0.2, 0.25) is 5.91 Å². The first-order valence-corrected chi connectivity index (χ1v) is 12.1. The Morgan fingerprint density at radius 2 is 1.76 bits per heavy atom. The number of carbonyl (C=O) groups is 1. The van der Waals surface area contributed by atoms with Crippen molar-refractivity contribution >= 4 is 12.0 Å². The van der Waals surface area contributed by atoms with Crippen LogP contribution >= 0.6 is 0 Å². The Bertz CT molecular complexity index is 983. The lowest BCUT2D eigenvalue weighted by Crippen LogP contribution is -2.30. The van der Waals surface area contributed by atoms with E-state index in [0.717, 1.165) is 29.0 Å². The molecule has 1 N–H and O–H groups in total. The largest absolute Gasteiger partial charge is 0.490 e. The van der Waals surface area contributed by atoms with E-state index in [9.17, 15) is 4.79 Å². The molecule has 0 unspecified atom stereocenters. The van der Waals surface area contributed by atoms with E-state index < -0.39 is 0 Å². The van der Waals surface area contributed by atoms with Crippen LogP contribution in [0.25, 0.3) is 6.08 Å². The van der Waals surface area contributed by atoms with Crippen LogP contribution in [0.4, 0.5) is 0 Å². The van der Waals surface area contributed by atoms with E-state index in [1.165, 1.54) is 0 Å². The molecule has 2 aromatic carbocycles. The number of hydrogen-bond donors (Lipinski definition) is 1. The average molecular weight is 468 g/mol. The molecule has 184 valence electrons. The van der Waals surface area contributed by atoms with Crippen molar-refractivity contribution in [1.82, 2.24) is 5.32 Å². The molecule has 0 spiro atoms. The molecule has 1 aliphatic rings. The highest BCUT2D eigenvalue weighted by Gasteiger charge is 2.20. The third-order valence-electron chi connectivity index (χ3n) is 5.36. The second-order valence-electron chi connectivity index (χ2n) is 9.16. The topological polar surface area (TPSA) is 66.0 Å². The van der Waals surface area contributed by atoms with E-state index >= 15 is 0 Å². The summed E-state index contributed by atoms with van der Waals surface area (Å²) in [5.74, 6) is 3.33. The first-order chi connectivity index (χ1) is 16.4. The van der Waals surface area contributed by atoms with Crippen LogP contribution in [0.5, 0.6) is 23.0 Å². The molecule has 0 fully saturated rings. The zero-order chi connectivity index (χ0) is 24.5. The van der Waals surface area contributed by atoms with Crippen molar-refractivity contribution in [3.8, 4) is 23.0 Å². The van der Waals surface area contributed by atoms with Crippen LogP contribution in [0.2, 0.25) is 0 Å².